The van der Waals surface area contributed by atoms with Crippen LogP contribution in [0.25, 0.3) is 11.1 Å². The van der Waals surface area contributed by atoms with Crippen LogP contribution in [0.5, 0.6) is 5.88 Å². The zero-order chi connectivity index (χ0) is 17.3. The lowest BCUT2D eigenvalue weighted by atomic mass is 10.2. The SMILES string of the molecule is Cc1cccc(NC(=O)COc2nc(C)nc3oc(C)c(C)c23)c1. The zero-order valence-corrected chi connectivity index (χ0v) is 14.1. The average Bonchev–Trinajstić information content (AvgIpc) is 2.79. The molecule has 0 saturated carbocycles. The molecule has 1 aromatic carbocycles. The molecule has 0 radical (unpaired) electrons. The Labute approximate surface area is 139 Å². The number of hydrogen-bond donors (Lipinski definition) is 1. The number of benzene rings is 1. The number of aryl methyl sites for hydroxylation is 4. The van der Waals surface area contributed by atoms with Gasteiger partial charge in [0.2, 0.25) is 11.6 Å². The molecule has 24 heavy (non-hydrogen) atoms. The van der Waals surface area contributed by atoms with Crippen molar-refractivity contribution in [2.24, 2.45) is 0 Å². The van der Waals surface area contributed by atoms with Gasteiger partial charge in [0.05, 0.1) is 0 Å². The molecule has 0 aliphatic heterocycles. The van der Waals surface area contributed by atoms with Crippen molar-refractivity contribution in [3.63, 3.8) is 0 Å². The number of fused-ring (bicyclic) bond motifs is 1. The van der Waals surface area contributed by atoms with Crippen molar-refractivity contribution >= 4 is 22.7 Å². The van der Waals surface area contributed by atoms with Crippen molar-refractivity contribution in [2.45, 2.75) is 27.7 Å². The highest BCUT2D eigenvalue weighted by Gasteiger charge is 2.17. The van der Waals surface area contributed by atoms with Gasteiger partial charge in [0, 0.05) is 11.3 Å². The first-order valence-electron chi connectivity index (χ1n) is 7.67. The molecule has 1 N–H and O–H groups in total. The minimum absolute atomic E-state index is 0.136. The quantitative estimate of drug-likeness (QED) is 0.794. The van der Waals surface area contributed by atoms with Crippen molar-refractivity contribution in [3.8, 4) is 5.88 Å². The van der Waals surface area contributed by atoms with Crippen molar-refractivity contribution in [1.82, 2.24) is 9.97 Å². The van der Waals surface area contributed by atoms with E-state index in [9.17, 15) is 4.79 Å². The molecule has 0 aliphatic carbocycles. The Kier molecular flexibility index (Phi) is 4.20. The summed E-state index contributed by atoms with van der Waals surface area (Å²) in [6.07, 6.45) is 0. The summed E-state index contributed by atoms with van der Waals surface area (Å²) in [5.74, 6) is 1.42. The maximum Gasteiger partial charge on any atom is 0.262 e. The minimum atomic E-state index is -0.247. The van der Waals surface area contributed by atoms with E-state index in [1.807, 2.05) is 45.0 Å². The number of hydrogen-bond acceptors (Lipinski definition) is 5. The number of amides is 1. The highest BCUT2D eigenvalue weighted by molar-refractivity contribution is 5.92. The van der Waals surface area contributed by atoms with Crippen LogP contribution in [0.2, 0.25) is 0 Å². The molecule has 0 bridgehead atoms. The molecule has 6 heteroatoms. The van der Waals surface area contributed by atoms with Gasteiger partial charge in [-0.1, -0.05) is 12.1 Å². The van der Waals surface area contributed by atoms with E-state index in [1.54, 1.807) is 6.92 Å². The highest BCUT2D eigenvalue weighted by atomic mass is 16.5. The second-order valence-electron chi connectivity index (χ2n) is 5.75. The van der Waals surface area contributed by atoms with E-state index in [0.717, 1.165) is 22.6 Å². The second-order valence-corrected chi connectivity index (χ2v) is 5.75. The molecule has 2 heterocycles. The van der Waals surface area contributed by atoms with Gasteiger partial charge in [-0.2, -0.15) is 9.97 Å². The Bertz CT molecular complexity index is 915. The van der Waals surface area contributed by atoms with E-state index in [1.165, 1.54) is 0 Å². The molecular formula is C18H19N3O3. The first-order chi connectivity index (χ1) is 11.4. The van der Waals surface area contributed by atoms with E-state index in [0.29, 0.717) is 22.8 Å². The third-order valence-electron chi connectivity index (χ3n) is 3.75. The Hall–Kier alpha value is -2.89. The molecule has 1 amide bonds. The predicted octanol–water partition coefficient (Wildman–Crippen LogP) is 3.47. The van der Waals surface area contributed by atoms with Crippen molar-refractivity contribution < 1.29 is 13.9 Å². The topological polar surface area (TPSA) is 77.2 Å². The minimum Gasteiger partial charge on any atom is -0.467 e. The molecule has 0 saturated heterocycles. The van der Waals surface area contributed by atoms with Crippen LogP contribution in [0, 0.1) is 27.7 Å². The van der Waals surface area contributed by atoms with Crippen molar-refractivity contribution in [2.75, 3.05) is 11.9 Å². The Morgan fingerprint density at radius 3 is 2.75 bits per heavy atom. The third kappa shape index (κ3) is 3.22. The summed E-state index contributed by atoms with van der Waals surface area (Å²) in [6.45, 7) is 7.37. The third-order valence-corrected chi connectivity index (χ3v) is 3.75. The summed E-state index contributed by atoms with van der Waals surface area (Å²) in [7, 11) is 0. The van der Waals surface area contributed by atoms with E-state index >= 15 is 0 Å². The largest absolute Gasteiger partial charge is 0.467 e. The molecule has 3 rings (SSSR count). The predicted molar refractivity (Wildman–Crippen MR) is 91.3 cm³/mol. The van der Waals surface area contributed by atoms with Gasteiger partial charge in [-0.3, -0.25) is 4.79 Å². The number of anilines is 1. The molecule has 2 aromatic heterocycles. The number of carbonyl (C=O) groups excluding carboxylic acids is 1. The van der Waals surface area contributed by atoms with Gasteiger partial charge in [-0.25, -0.2) is 0 Å². The standard InChI is InChI=1S/C18H19N3O3/c1-10-6-5-7-14(8-10)21-15(22)9-23-17-16-11(2)12(3)24-18(16)20-13(4)19-17/h5-8H,9H2,1-4H3,(H,21,22). The lowest BCUT2D eigenvalue weighted by Crippen LogP contribution is -2.20. The van der Waals surface area contributed by atoms with Crippen LogP contribution < -0.4 is 10.1 Å². The number of aromatic nitrogens is 2. The highest BCUT2D eigenvalue weighted by Crippen LogP contribution is 2.30. The first-order valence-corrected chi connectivity index (χ1v) is 7.67. The summed E-state index contributed by atoms with van der Waals surface area (Å²) in [5.41, 5.74) is 3.21. The van der Waals surface area contributed by atoms with Crippen LogP contribution in [-0.2, 0) is 4.79 Å². The number of rotatable bonds is 4. The fraction of sp³-hybridized carbons (Fsp3) is 0.278. The summed E-state index contributed by atoms with van der Waals surface area (Å²) in [5, 5.41) is 3.51. The van der Waals surface area contributed by atoms with Crippen LogP contribution in [-0.4, -0.2) is 22.5 Å². The normalized spacial score (nSPS) is 10.8. The summed E-state index contributed by atoms with van der Waals surface area (Å²) in [6, 6.07) is 7.59. The van der Waals surface area contributed by atoms with Crippen LogP contribution in [0.3, 0.4) is 0 Å². The summed E-state index contributed by atoms with van der Waals surface area (Å²) >= 11 is 0. The van der Waals surface area contributed by atoms with Crippen LogP contribution in [0.4, 0.5) is 5.69 Å². The average molecular weight is 325 g/mol. The lowest BCUT2D eigenvalue weighted by Gasteiger charge is -2.08. The maximum absolute atomic E-state index is 12.1. The number of furan rings is 1. The molecule has 0 fully saturated rings. The molecule has 0 unspecified atom stereocenters. The molecule has 0 spiro atoms. The van der Waals surface area contributed by atoms with E-state index < -0.39 is 0 Å². The van der Waals surface area contributed by atoms with E-state index in [4.69, 9.17) is 9.15 Å². The number of carbonyl (C=O) groups is 1. The number of nitrogens with zero attached hydrogens (tertiary/aromatic N) is 2. The Morgan fingerprint density at radius 1 is 1.21 bits per heavy atom. The molecule has 0 aliphatic rings. The number of ether oxygens (including phenoxy) is 1. The first kappa shape index (κ1) is 16.0. The van der Waals surface area contributed by atoms with Gasteiger partial charge < -0.3 is 14.5 Å². The zero-order valence-electron chi connectivity index (χ0n) is 14.1. The van der Waals surface area contributed by atoms with Crippen LogP contribution in [0.15, 0.2) is 28.7 Å². The summed E-state index contributed by atoms with van der Waals surface area (Å²) < 4.78 is 11.2. The molecule has 3 aromatic rings. The van der Waals surface area contributed by atoms with E-state index in [-0.39, 0.29) is 12.5 Å². The fourth-order valence-corrected chi connectivity index (χ4v) is 2.47. The van der Waals surface area contributed by atoms with Crippen molar-refractivity contribution in [1.29, 1.82) is 0 Å². The second kappa shape index (κ2) is 6.31. The van der Waals surface area contributed by atoms with Gasteiger partial charge in [-0.15, -0.1) is 0 Å². The molecule has 0 atom stereocenters. The monoisotopic (exact) mass is 325 g/mol. The molecule has 124 valence electrons. The van der Waals surface area contributed by atoms with Crippen LogP contribution >= 0.6 is 0 Å². The number of nitrogens with one attached hydrogen (secondary N) is 1. The van der Waals surface area contributed by atoms with E-state index in [2.05, 4.69) is 15.3 Å². The van der Waals surface area contributed by atoms with Gasteiger partial charge >= 0.3 is 0 Å². The lowest BCUT2D eigenvalue weighted by molar-refractivity contribution is -0.118. The Morgan fingerprint density at radius 2 is 2.00 bits per heavy atom. The Balaban J connectivity index is 1.77. The van der Waals surface area contributed by atoms with Gasteiger partial charge in [0.1, 0.15) is 17.0 Å². The summed E-state index contributed by atoms with van der Waals surface area (Å²) in [4.78, 5) is 20.7. The maximum atomic E-state index is 12.1. The molecule has 6 nitrogen and oxygen atoms in total. The van der Waals surface area contributed by atoms with Gasteiger partial charge in [-0.05, 0) is 45.4 Å². The molecular weight excluding hydrogens is 306 g/mol. The fourth-order valence-electron chi connectivity index (χ4n) is 2.47. The van der Waals surface area contributed by atoms with Crippen molar-refractivity contribution in [3.05, 3.63) is 47.0 Å². The van der Waals surface area contributed by atoms with Crippen LogP contribution in [0.1, 0.15) is 22.7 Å². The smallest absolute Gasteiger partial charge is 0.262 e. The van der Waals surface area contributed by atoms with Gasteiger partial charge in [0.15, 0.2) is 6.61 Å². The van der Waals surface area contributed by atoms with Gasteiger partial charge in [0.25, 0.3) is 5.91 Å².